The van der Waals surface area contributed by atoms with Crippen molar-refractivity contribution in [3.05, 3.63) is 35.4 Å². The molecule has 1 heteroatoms. The zero-order valence-corrected chi connectivity index (χ0v) is 6.75. The average Bonchev–Trinajstić information content (AvgIpc) is 2.06. The van der Waals surface area contributed by atoms with Gasteiger partial charge in [-0.1, -0.05) is 24.3 Å². The molecule has 2 rings (SSSR count). The molecular weight excluding hydrogens is 134 g/mol. The Morgan fingerprint density at radius 2 is 2.18 bits per heavy atom. The summed E-state index contributed by atoms with van der Waals surface area (Å²) in [7, 11) is 0. The van der Waals surface area contributed by atoms with Crippen LogP contribution in [0, 0.1) is 0 Å². The van der Waals surface area contributed by atoms with Gasteiger partial charge in [-0.05, 0) is 24.5 Å². The first kappa shape index (κ1) is 6.86. The van der Waals surface area contributed by atoms with Gasteiger partial charge in [0, 0.05) is 12.6 Å². The summed E-state index contributed by atoms with van der Waals surface area (Å²) in [5, 5.41) is 4.47. The van der Waals surface area contributed by atoms with Gasteiger partial charge in [-0.25, -0.2) is 5.32 Å². The summed E-state index contributed by atoms with van der Waals surface area (Å²) in [6.07, 6.45) is 1.13. The van der Waals surface area contributed by atoms with E-state index in [1.165, 1.54) is 11.1 Å². The maximum atomic E-state index is 4.47. The lowest BCUT2D eigenvalue weighted by molar-refractivity contribution is 0.529. The lowest BCUT2D eigenvalue weighted by Gasteiger charge is -2.21. The van der Waals surface area contributed by atoms with Gasteiger partial charge in [0.2, 0.25) is 0 Å². The molecule has 0 N–H and O–H groups in total. The molecule has 1 nitrogen and oxygen atoms in total. The third-order valence-corrected chi connectivity index (χ3v) is 2.29. The Labute approximate surface area is 67.4 Å². The van der Waals surface area contributed by atoms with Gasteiger partial charge >= 0.3 is 0 Å². The fourth-order valence-corrected chi connectivity index (χ4v) is 1.65. The molecule has 1 aliphatic heterocycles. The van der Waals surface area contributed by atoms with Crippen LogP contribution >= 0.6 is 0 Å². The van der Waals surface area contributed by atoms with Crippen LogP contribution in [0.3, 0.4) is 0 Å². The van der Waals surface area contributed by atoms with Crippen molar-refractivity contribution in [3.63, 3.8) is 0 Å². The van der Waals surface area contributed by atoms with Crippen LogP contribution in [-0.2, 0) is 6.42 Å². The van der Waals surface area contributed by atoms with E-state index in [1.807, 2.05) is 0 Å². The molecule has 1 aromatic rings. The Kier molecular flexibility index (Phi) is 1.66. The molecular formula is C10H12N. The van der Waals surface area contributed by atoms with Crippen molar-refractivity contribution in [2.75, 3.05) is 6.54 Å². The SMILES string of the molecule is CC1[N]CCc2ccccc21. The van der Waals surface area contributed by atoms with E-state index in [0.717, 1.165) is 13.0 Å². The van der Waals surface area contributed by atoms with Gasteiger partial charge in [-0.3, -0.25) is 0 Å². The van der Waals surface area contributed by atoms with Gasteiger partial charge in [0.1, 0.15) is 0 Å². The number of hydrogen-bond acceptors (Lipinski definition) is 0. The summed E-state index contributed by atoms with van der Waals surface area (Å²) in [5.74, 6) is 0. The Balaban J connectivity index is 2.44. The second-order valence-electron chi connectivity index (χ2n) is 3.03. The quantitative estimate of drug-likeness (QED) is 0.531. The number of rotatable bonds is 0. The molecule has 1 atom stereocenters. The highest BCUT2D eigenvalue weighted by Crippen LogP contribution is 2.22. The van der Waals surface area contributed by atoms with E-state index in [4.69, 9.17) is 0 Å². The van der Waals surface area contributed by atoms with Crippen molar-refractivity contribution in [2.45, 2.75) is 19.4 Å². The maximum absolute atomic E-state index is 4.47. The van der Waals surface area contributed by atoms with Crippen LogP contribution in [0.4, 0.5) is 0 Å². The van der Waals surface area contributed by atoms with Crippen LogP contribution in [0.2, 0.25) is 0 Å². The van der Waals surface area contributed by atoms with Gasteiger partial charge in [-0.15, -0.1) is 0 Å². The molecule has 1 heterocycles. The zero-order chi connectivity index (χ0) is 7.68. The molecule has 0 saturated heterocycles. The molecule has 0 spiro atoms. The van der Waals surface area contributed by atoms with E-state index in [-0.39, 0.29) is 0 Å². The lowest BCUT2D eigenvalue weighted by Crippen LogP contribution is -2.21. The highest BCUT2D eigenvalue weighted by molar-refractivity contribution is 5.31. The predicted octanol–water partition coefficient (Wildman–Crippen LogP) is 1.91. The number of hydrogen-bond donors (Lipinski definition) is 0. The standard InChI is InChI=1S/C10H12N/c1-8-10-5-3-2-4-9(10)6-7-11-8/h2-5,8H,6-7H2,1H3. The predicted molar refractivity (Wildman–Crippen MR) is 45.6 cm³/mol. The van der Waals surface area contributed by atoms with E-state index in [9.17, 15) is 0 Å². The van der Waals surface area contributed by atoms with Crippen LogP contribution < -0.4 is 5.32 Å². The Morgan fingerprint density at radius 3 is 3.00 bits per heavy atom. The summed E-state index contributed by atoms with van der Waals surface area (Å²) < 4.78 is 0. The highest BCUT2D eigenvalue weighted by atomic mass is 14.9. The summed E-state index contributed by atoms with van der Waals surface area (Å²) >= 11 is 0. The molecule has 1 aromatic carbocycles. The molecule has 0 saturated carbocycles. The van der Waals surface area contributed by atoms with Crippen molar-refractivity contribution in [3.8, 4) is 0 Å². The zero-order valence-electron chi connectivity index (χ0n) is 6.75. The van der Waals surface area contributed by atoms with E-state index in [2.05, 4.69) is 36.5 Å². The van der Waals surface area contributed by atoms with Crippen LogP contribution in [0.1, 0.15) is 24.1 Å². The maximum Gasteiger partial charge on any atom is 0.0470 e. The molecule has 1 radical (unpaired) electrons. The molecule has 1 unspecified atom stereocenters. The lowest BCUT2D eigenvalue weighted by atomic mass is 9.96. The van der Waals surface area contributed by atoms with Crippen LogP contribution in [-0.4, -0.2) is 6.54 Å². The molecule has 0 amide bonds. The second kappa shape index (κ2) is 2.67. The van der Waals surface area contributed by atoms with Crippen LogP contribution in [0.15, 0.2) is 24.3 Å². The first-order valence-electron chi connectivity index (χ1n) is 4.12. The van der Waals surface area contributed by atoms with E-state index in [1.54, 1.807) is 0 Å². The van der Waals surface area contributed by atoms with Crippen LogP contribution in [0.25, 0.3) is 0 Å². The number of fused-ring (bicyclic) bond motifs is 1. The monoisotopic (exact) mass is 146 g/mol. The minimum Gasteiger partial charge on any atom is -0.234 e. The summed E-state index contributed by atoms with van der Waals surface area (Å²) in [5.41, 5.74) is 2.90. The molecule has 1 aliphatic rings. The van der Waals surface area contributed by atoms with Crippen molar-refractivity contribution in [1.29, 1.82) is 0 Å². The van der Waals surface area contributed by atoms with E-state index in [0.29, 0.717) is 6.04 Å². The normalized spacial score (nSPS) is 22.8. The van der Waals surface area contributed by atoms with Crippen molar-refractivity contribution in [2.24, 2.45) is 0 Å². The minimum absolute atomic E-state index is 0.417. The Hall–Kier alpha value is -0.820. The molecule has 0 aliphatic carbocycles. The Bertz CT molecular complexity index is 255. The number of nitrogens with zero attached hydrogens (tertiary/aromatic N) is 1. The van der Waals surface area contributed by atoms with Gasteiger partial charge in [0.15, 0.2) is 0 Å². The van der Waals surface area contributed by atoms with Crippen molar-refractivity contribution in [1.82, 2.24) is 5.32 Å². The van der Waals surface area contributed by atoms with Crippen molar-refractivity contribution < 1.29 is 0 Å². The van der Waals surface area contributed by atoms with Crippen LogP contribution in [0.5, 0.6) is 0 Å². The molecule has 0 bridgehead atoms. The van der Waals surface area contributed by atoms with E-state index >= 15 is 0 Å². The van der Waals surface area contributed by atoms with E-state index < -0.39 is 0 Å². The third-order valence-electron chi connectivity index (χ3n) is 2.29. The third kappa shape index (κ3) is 1.16. The first-order chi connectivity index (χ1) is 5.38. The fourth-order valence-electron chi connectivity index (χ4n) is 1.65. The van der Waals surface area contributed by atoms with Gasteiger partial charge in [-0.2, -0.15) is 0 Å². The topological polar surface area (TPSA) is 14.1 Å². The molecule has 0 fully saturated rings. The Morgan fingerprint density at radius 1 is 1.36 bits per heavy atom. The average molecular weight is 146 g/mol. The summed E-state index contributed by atoms with van der Waals surface area (Å²) in [6.45, 7) is 3.16. The van der Waals surface area contributed by atoms with Gasteiger partial charge in [0.05, 0.1) is 0 Å². The molecule has 11 heavy (non-hydrogen) atoms. The molecule has 57 valence electrons. The van der Waals surface area contributed by atoms with Gasteiger partial charge < -0.3 is 0 Å². The minimum atomic E-state index is 0.417. The fraction of sp³-hybridized carbons (Fsp3) is 0.400. The highest BCUT2D eigenvalue weighted by Gasteiger charge is 2.14. The van der Waals surface area contributed by atoms with Gasteiger partial charge in [0.25, 0.3) is 0 Å². The molecule has 0 aromatic heterocycles. The second-order valence-corrected chi connectivity index (χ2v) is 3.03. The smallest absolute Gasteiger partial charge is 0.0470 e. The largest absolute Gasteiger partial charge is 0.234 e. The van der Waals surface area contributed by atoms with Crippen molar-refractivity contribution >= 4 is 0 Å². The summed E-state index contributed by atoms with van der Waals surface area (Å²) in [4.78, 5) is 0. The number of benzene rings is 1. The summed E-state index contributed by atoms with van der Waals surface area (Å²) in [6, 6.07) is 9.01. The first-order valence-corrected chi connectivity index (χ1v) is 4.12.